The summed E-state index contributed by atoms with van der Waals surface area (Å²) in [4.78, 5) is 11.7. The van der Waals surface area contributed by atoms with Crippen LogP contribution in [-0.4, -0.2) is 27.2 Å². The minimum Gasteiger partial charge on any atom is -0.494 e. The Morgan fingerprint density at radius 3 is 2.56 bits per heavy atom. The van der Waals surface area contributed by atoms with Crippen LogP contribution in [0.4, 0.5) is 0 Å². The average molecular weight is 382 g/mol. The van der Waals surface area contributed by atoms with E-state index in [1.54, 1.807) is 18.7 Å². The number of Topliss-reactive ketones (excluding diaryl/α,β-unsaturated/α-hetero) is 1. The lowest BCUT2D eigenvalue weighted by atomic mass is 10.1. The molecular weight excluding hydrogens is 358 g/mol. The van der Waals surface area contributed by atoms with Gasteiger partial charge in [-0.1, -0.05) is 42.1 Å². The van der Waals surface area contributed by atoms with Crippen molar-refractivity contribution in [3.8, 4) is 17.1 Å². The van der Waals surface area contributed by atoms with Gasteiger partial charge in [0.15, 0.2) is 16.8 Å². The number of carbonyl (C=O) groups excluding carboxylic acids is 1. The smallest absolute Gasteiger partial charge is 0.191 e. The minimum atomic E-state index is 0.0485. The van der Waals surface area contributed by atoms with E-state index in [2.05, 4.69) is 21.7 Å². The molecule has 6 heteroatoms. The van der Waals surface area contributed by atoms with Gasteiger partial charge in [0.05, 0.1) is 6.61 Å². The summed E-state index contributed by atoms with van der Waals surface area (Å²) in [6.07, 6.45) is 0. The first-order chi connectivity index (χ1) is 13.1. The fourth-order valence-corrected chi connectivity index (χ4v) is 3.81. The molecule has 2 aromatic carbocycles. The van der Waals surface area contributed by atoms with Crippen molar-refractivity contribution in [1.29, 1.82) is 0 Å². The van der Waals surface area contributed by atoms with Crippen molar-refractivity contribution >= 4 is 17.5 Å². The van der Waals surface area contributed by atoms with E-state index in [-0.39, 0.29) is 5.78 Å². The number of hydrogen-bond donors (Lipinski definition) is 0. The topological polar surface area (TPSA) is 57.0 Å². The second-order valence-corrected chi connectivity index (χ2v) is 6.96. The summed E-state index contributed by atoms with van der Waals surface area (Å²) in [5.74, 6) is 2.37. The van der Waals surface area contributed by atoms with Gasteiger partial charge >= 0.3 is 0 Å². The van der Waals surface area contributed by atoms with Gasteiger partial charge in [0.25, 0.3) is 0 Å². The lowest BCUT2D eigenvalue weighted by Crippen LogP contribution is -2.01. The summed E-state index contributed by atoms with van der Waals surface area (Å²) in [7, 11) is 0. The Labute approximate surface area is 163 Å². The highest BCUT2D eigenvalue weighted by molar-refractivity contribution is 7.98. The summed E-state index contributed by atoms with van der Waals surface area (Å²) in [5.41, 5.74) is 2.73. The van der Waals surface area contributed by atoms with Gasteiger partial charge in [0.2, 0.25) is 0 Å². The normalized spacial score (nSPS) is 10.8. The first-order valence-corrected chi connectivity index (χ1v) is 10.0. The molecule has 0 N–H and O–H groups in total. The number of rotatable bonds is 8. The monoisotopic (exact) mass is 381 g/mol. The molecular formula is C21H23N3O2S. The Balaban J connectivity index is 1.86. The number of ether oxygens (including phenoxy) is 1. The molecule has 5 nitrogen and oxygen atoms in total. The van der Waals surface area contributed by atoms with Crippen molar-refractivity contribution in [3.63, 3.8) is 0 Å². The minimum absolute atomic E-state index is 0.0485. The number of aromatic nitrogens is 3. The molecule has 0 saturated carbocycles. The molecule has 0 aliphatic carbocycles. The lowest BCUT2D eigenvalue weighted by molar-refractivity contribution is 0.101. The number of benzene rings is 2. The standard InChI is InChI=1S/C21H23N3O2S/c1-4-24-20(16-9-7-6-8-10-16)22-23-21(24)27-14-18-13-17(15(3)25)11-12-19(18)26-5-2/h6-13H,4-5,14H2,1-3H3. The Kier molecular flexibility index (Phi) is 6.29. The summed E-state index contributed by atoms with van der Waals surface area (Å²) in [6.45, 7) is 6.98. The van der Waals surface area contributed by atoms with Crippen molar-refractivity contribution < 1.29 is 9.53 Å². The van der Waals surface area contributed by atoms with Crippen molar-refractivity contribution in [3.05, 3.63) is 59.7 Å². The van der Waals surface area contributed by atoms with E-state index in [1.165, 1.54) is 0 Å². The van der Waals surface area contributed by atoms with E-state index in [1.807, 2.05) is 55.5 Å². The van der Waals surface area contributed by atoms with Gasteiger partial charge in [-0.15, -0.1) is 10.2 Å². The molecule has 27 heavy (non-hydrogen) atoms. The highest BCUT2D eigenvalue weighted by Gasteiger charge is 2.15. The van der Waals surface area contributed by atoms with E-state index < -0.39 is 0 Å². The fraction of sp³-hybridized carbons (Fsp3) is 0.286. The van der Waals surface area contributed by atoms with Crippen LogP contribution in [-0.2, 0) is 12.3 Å². The molecule has 0 radical (unpaired) electrons. The van der Waals surface area contributed by atoms with Crippen molar-refractivity contribution in [1.82, 2.24) is 14.8 Å². The fourth-order valence-electron chi connectivity index (χ4n) is 2.83. The Morgan fingerprint density at radius 2 is 1.89 bits per heavy atom. The van der Waals surface area contributed by atoms with Crippen LogP contribution in [0.15, 0.2) is 53.7 Å². The molecule has 1 aromatic heterocycles. The largest absolute Gasteiger partial charge is 0.494 e. The van der Waals surface area contributed by atoms with Crippen molar-refractivity contribution in [2.45, 2.75) is 38.2 Å². The maximum Gasteiger partial charge on any atom is 0.191 e. The zero-order chi connectivity index (χ0) is 19.2. The highest BCUT2D eigenvalue weighted by atomic mass is 32.2. The summed E-state index contributed by atoms with van der Waals surface area (Å²) in [5, 5.41) is 9.61. The van der Waals surface area contributed by atoms with Crippen molar-refractivity contribution in [2.75, 3.05) is 6.61 Å². The molecule has 0 saturated heterocycles. The summed E-state index contributed by atoms with van der Waals surface area (Å²) < 4.78 is 7.83. The number of carbonyl (C=O) groups is 1. The van der Waals surface area contributed by atoms with E-state index in [9.17, 15) is 4.79 Å². The highest BCUT2D eigenvalue weighted by Crippen LogP contribution is 2.30. The number of ketones is 1. The SMILES string of the molecule is CCOc1ccc(C(C)=O)cc1CSc1nnc(-c2ccccc2)n1CC. The van der Waals surface area contributed by atoms with Crippen LogP contribution in [0.25, 0.3) is 11.4 Å². The molecule has 0 amide bonds. The molecule has 0 fully saturated rings. The zero-order valence-corrected chi connectivity index (χ0v) is 16.6. The predicted molar refractivity (Wildman–Crippen MR) is 108 cm³/mol. The first kappa shape index (κ1) is 19.2. The van der Waals surface area contributed by atoms with Gasteiger partial charge in [-0.3, -0.25) is 4.79 Å². The van der Waals surface area contributed by atoms with Crippen molar-refractivity contribution in [2.24, 2.45) is 0 Å². The number of hydrogen-bond acceptors (Lipinski definition) is 5. The third kappa shape index (κ3) is 4.39. The van der Waals surface area contributed by atoms with Gasteiger partial charge in [0.1, 0.15) is 5.75 Å². The van der Waals surface area contributed by atoms with Crippen LogP contribution in [0.5, 0.6) is 5.75 Å². The maximum atomic E-state index is 11.7. The molecule has 0 aliphatic heterocycles. The quantitative estimate of drug-likeness (QED) is 0.412. The second kappa shape index (κ2) is 8.86. The maximum absolute atomic E-state index is 11.7. The Hall–Kier alpha value is -2.60. The molecule has 0 spiro atoms. The third-order valence-electron chi connectivity index (χ3n) is 4.19. The lowest BCUT2D eigenvalue weighted by Gasteiger charge is -2.12. The molecule has 3 aromatic rings. The van der Waals surface area contributed by atoms with E-state index in [4.69, 9.17) is 4.74 Å². The van der Waals surface area contributed by atoms with Crippen LogP contribution in [0.1, 0.15) is 36.7 Å². The molecule has 1 heterocycles. The van der Waals surface area contributed by atoms with Gasteiger partial charge in [0, 0.05) is 29.0 Å². The molecule has 0 bridgehead atoms. The Bertz CT molecular complexity index is 922. The van der Waals surface area contributed by atoms with Crippen LogP contribution >= 0.6 is 11.8 Å². The number of thioether (sulfide) groups is 1. The first-order valence-electron chi connectivity index (χ1n) is 9.02. The summed E-state index contributed by atoms with van der Waals surface area (Å²) >= 11 is 1.60. The van der Waals surface area contributed by atoms with Gasteiger partial charge in [-0.25, -0.2) is 0 Å². The molecule has 0 atom stereocenters. The second-order valence-electron chi connectivity index (χ2n) is 6.02. The summed E-state index contributed by atoms with van der Waals surface area (Å²) in [6, 6.07) is 15.6. The van der Waals surface area contributed by atoms with Crippen LogP contribution in [0.2, 0.25) is 0 Å². The van der Waals surface area contributed by atoms with E-state index >= 15 is 0 Å². The molecule has 140 valence electrons. The average Bonchev–Trinajstić information content (AvgIpc) is 3.10. The van der Waals surface area contributed by atoms with Gasteiger partial charge < -0.3 is 9.30 Å². The zero-order valence-electron chi connectivity index (χ0n) is 15.8. The van der Waals surface area contributed by atoms with Crippen LogP contribution in [0, 0.1) is 0 Å². The molecule has 0 unspecified atom stereocenters. The van der Waals surface area contributed by atoms with Gasteiger partial charge in [-0.05, 0) is 39.0 Å². The molecule has 0 aliphatic rings. The molecule has 3 rings (SSSR count). The third-order valence-corrected chi connectivity index (χ3v) is 5.20. The van der Waals surface area contributed by atoms with E-state index in [0.717, 1.165) is 34.4 Å². The number of nitrogens with zero attached hydrogens (tertiary/aromatic N) is 3. The van der Waals surface area contributed by atoms with E-state index in [0.29, 0.717) is 17.9 Å². The van der Waals surface area contributed by atoms with Crippen LogP contribution < -0.4 is 4.74 Å². The van der Waals surface area contributed by atoms with Crippen LogP contribution in [0.3, 0.4) is 0 Å². The van der Waals surface area contributed by atoms with Gasteiger partial charge in [-0.2, -0.15) is 0 Å². The Morgan fingerprint density at radius 1 is 1.11 bits per heavy atom. The predicted octanol–water partition coefficient (Wildman–Crippen LogP) is 4.86.